The monoisotopic (exact) mass is 508 g/mol. The Morgan fingerprint density at radius 1 is 0.861 bits per heavy atom. The highest BCUT2D eigenvalue weighted by atomic mass is 16.6. The molecule has 16 heteroatoms. The molecule has 2 rings (SSSR count). The van der Waals surface area contributed by atoms with Gasteiger partial charge < -0.3 is 41.3 Å². The second kappa shape index (κ2) is 12.2. The summed E-state index contributed by atoms with van der Waals surface area (Å²) < 4.78 is 2.59. The van der Waals surface area contributed by atoms with Crippen molar-refractivity contribution in [3.05, 3.63) is 45.0 Å². The van der Waals surface area contributed by atoms with Crippen LogP contribution in [0.2, 0.25) is 0 Å². The zero-order chi connectivity index (χ0) is 26.9. The predicted molar refractivity (Wildman–Crippen MR) is 130 cm³/mol. The average Bonchev–Trinajstić information content (AvgIpc) is 3.47. The average molecular weight is 509 g/mol. The zero-order valence-electron chi connectivity index (χ0n) is 20.7. The van der Waals surface area contributed by atoms with E-state index in [1.807, 2.05) is 27.7 Å². The molecule has 0 radical (unpaired) electrons. The first-order valence-corrected chi connectivity index (χ1v) is 11.2. The van der Waals surface area contributed by atoms with E-state index in [0.717, 1.165) is 12.8 Å². The van der Waals surface area contributed by atoms with Gasteiger partial charge in [-0.1, -0.05) is 20.3 Å². The number of nitro groups is 2. The summed E-state index contributed by atoms with van der Waals surface area (Å²) in [6.07, 6.45) is 7.00. The lowest BCUT2D eigenvalue weighted by Gasteiger charge is -2.28. The quantitative estimate of drug-likeness (QED) is 0.0899. The van der Waals surface area contributed by atoms with Crippen LogP contribution in [0.25, 0.3) is 0 Å². The van der Waals surface area contributed by atoms with E-state index in [4.69, 9.17) is 0 Å². The van der Waals surface area contributed by atoms with Crippen molar-refractivity contribution in [2.75, 3.05) is 13.1 Å². The van der Waals surface area contributed by atoms with E-state index < -0.39 is 20.9 Å². The summed E-state index contributed by atoms with van der Waals surface area (Å²) in [4.78, 5) is 28.3. The van der Waals surface area contributed by atoms with E-state index in [9.17, 15) is 30.6 Å². The maximum absolute atomic E-state index is 11.1. The first-order valence-electron chi connectivity index (χ1n) is 11.2. The molecule has 0 aromatic carbocycles. The molecule has 0 bridgehead atoms. The molecule has 0 aliphatic rings. The summed E-state index contributed by atoms with van der Waals surface area (Å²) in [5.74, 6) is -0.678. The van der Waals surface area contributed by atoms with Gasteiger partial charge in [0.05, 0.1) is 11.1 Å². The molecule has 2 heterocycles. The fourth-order valence-corrected chi connectivity index (χ4v) is 3.48. The number of aromatic nitrogens is 4. The highest BCUT2D eigenvalue weighted by Crippen LogP contribution is 2.15. The highest BCUT2D eigenvalue weighted by molar-refractivity contribution is 5.92. The molecule has 36 heavy (non-hydrogen) atoms. The van der Waals surface area contributed by atoms with Gasteiger partial charge in [0.15, 0.2) is 0 Å². The second-order valence-corrected chi connectivity index (χ2v) is 9.13. The van der Waals surface area contributed by atoms with E-state index in [-0.39, 0.29) is 25.0 Å². The Morgan fingerprint density at radius 2 is 1.22 bits per heavy atom. The zero-order valence-corrected chi connectivity index (χ0v) is 20.7. The number of unbranched alkanes of at least 4 members (excludes halogenated alkanes) is 1. The van der Waals surface area contributed by atoms with Crippen LogP contribution in [0.1, 0.15) is 40.5 Å². The Bertz CT molecular complexity index is 1020. The molecule has 2 aromatic rings. The molecule has 0 aliphatic carbocycles. The summed E-state index contributed by atoms with van der Waals surface area (Å²) in [6, 6.07) is 0. The topological polar surface area (TPSA) is 211 Å². The third-order valence-corrected chi connectivity index (χ3v) is 5.78. The normalized spacial score (nSPS) is 13.2. The van der Waals surface area contributed by atoms with Gasteiger partial charge in [0.1, 0.15) is 49.3 Å². The summed E-state index contributed by atoms with van der Waals surface area (Å²) in [5.41, 5.74) is -0.869. The van der Waals surface area contributed by atoms with Crippen LogP contribution in [0.15, 0.2) is 35.1 Å². The van der Waals surface area contributed by atoms with Crippen LogP contribution in [-0.2, 0) is 13.1 Å². The minimum atomic E-state index is -0.740. The molecule has 0 atom stereocenters. The van der Waals surface area contributed by atoms with Crippen molar-refractivity contribution in [1.29, 1.82) is 0 Å². The first kappa shape index (κ1) is 28.3. The van der Waals surface area contributed by atoms with E-state index >= 15 is 0 Å². The third kappa shape index (κ3) is 7.29. The molecule has 16 nitrogen and oxygen atoms in total. The number of imidazole rings is 2. The standard InChI is InChI=1S/C20H32N10O6/c1-19(2,15(25-31)13-27-11-9-21-17(27)29(33)34)23-7-5-6-8-24-20(3,4)16(26-32)14-28-12-10-22-18(28)30(35)36/h9-12,23-24,31-32H,5-8,13-14H2,1-4H3. The van der Waals surface area contributed by atoms with Crippen molar-refractivity contribution < 1.29 is 20.3 Å². The highest BCUT2D eigenvalue weighted by Gasteiger charge is 2.30. The maximum atomic E-state index is 11.1. The lowest BCUT2D eigenvalue weighted by atomic mass is 9.97. The van der Waals surface area contributed by atoms with E-state index in [1.165, 1.54) is 33.9 Å². The molecule has 198 valence electrons. The summed E-state index contributed by atoms with van der Waals surface area (Å²) in [6.45, 7) is 8.39. The fraction of sp³-hybridized carbons (Fsp3) is 0.600. The van der Waals surface area contributed by atoms with Crippen molar-refractivity contribution >= 4 is 23.3 Å². The van der Waals surface area contributed by atoms with Crippen LogP contribution in [-0.4, -0.2) is 75.0 Å². The van der Waals surface area contributed by atoms with Crippen molar-refractivity contribution in [3.63, 3.8) is 0 Å². The van der Waals surface area contributed by atoms with Gasteiger partial charge in [0.25, 0.3) is 0 Å². The van der Waals surface area contributed by atoms with Gasteiger partial charge in [-0.15, -0.1) is 0 Å². The number of hydrogen-bond acceptors (Lipinski definition) is 12. The molecular weight excluding hydrogens is 476 g/mol. The minimum Gasteiger partial charge on any atom is -0.411 e. The molecule has 0 amide bonds. The van der Waals surface area contributed by atoms with Crippen LogP contribution in [0.5, 0.6) is 0 Å². The van der Waals surface area contributed by atoms with Gasteiger partial charge in [-0.25, -0.2) is 9.13 Å². The number of nitrogens with zero attached hydrogens (tertiary/aromatic N) is 8. The Hall–Kier alpha value is -3.92. The lowest BCUT2D eigenvalue weighted by molar-refractivity contribution is -0.396. The van der Waals surface area contributed by atoms with Crippen LogP contribution in [0, 0.1) is 20.2 Å². The Kier molecular flexibility index (Phi) is 9.57. The fourth-order valence-electron chi connectivity index (χ4n) is 3.48. The second-order valence-electron chi connectivity index (χ2n) is 9.13. The molecule has 4 N–H and O–H groups in total. The molecule has 0 aliphatic heterocycles. The molecule has 0 saturated heterocycles. The molecule has 0 spiro atoms. The van der Waals surface area contributed by atoms with Crippen molar-refractivity contribution in [3.8, 4) is 0 Å². The van der Waals surface area contributed by atoms with Gasteiger partial charge in [0, 0.05) is 0 Å². The van der Waals surface area contributed by atoms with Crippen LogP contribution < -0.4 is 10.6 Å². The van der Waals surface area contributed by atoms with Crippen molar-refractivity contribution in [1.82, 2.24) is 29.7 Å². The molecule has 0 fully saturated rings. The lowest BCUT2D eigenvalue weighted by Crippen LogP contribution is -2.49. The SMILES string of the molecule is CC(C)(NCCCCNC(C)(C)C(Cn1ccnc1[N+](=O)[O-])=NO)C(Cn1ccnc1[N+](=O)[O-])=NO. The maximum Gasteiger partial charge on any atom is 0.434 e. The Labute approximate surface area is 207 Å². The molecular formula is C20H32N10O6. The van der Waals surface area contributed by atoms with Crippen molar-refractivity contribution in [2.24, 2.45) is 10.3 Å². The molecule has 0 saturated carbocycles. The minimum absolute atomic E-state index is 0.000899. The van der Waals surface area contributed by atoms with E-state index in [0.29, 0.717) is 24.5 Å². The largest absolute Gasteiger partial charge is 0.434 e. The van der Waals surface area contributed by atoms with Gasteiger partial charge in [0.2, 0.25) is 0 Å². The number of hydrogen-bond donors (Lipinski definition) is 4. The van der Waals surface area contributed by atoms with Crippen LogP contribution in [0.4, 0.5) is 11.9 Å². The third-order valence-electron chi connectivity index (χ3n) is 5.78. The van der Waals surface area contributed by atoms with Crippen LogP contribution >= 0.6 is 0 Å². The van der Waals surface area contributed by atoms with Gasteiger partial charge in [-0.05, 0) is 63.5 Å². The predicted octanol–water partition coefficient (Wildman–Crippen LogP) is 1.77. The van der Waals surface area contributed by atoms with Gasteiger partial charge in [-0.2, -0.15) is 0 Å². The number of rotatable bonds is 15. The molecule has 0 unspecified atom stereocenters. The Morgan fingerprint density at radius 3 is 1.53 bits per heavy atom. The summed E-state index contributed by atoms with van der Waals surface area (Å²) >= 11 is 0. The van der Waals surface area contributed by atoms with Gasteiger partial charge >= 0.3 is 11.9 Å². The smallest absolute Gasteiger partial charge is 0.411 e. The van der Waals surface area contributed by atoms with Crippen LogP contribution in [0.3, 0.4) is 0 Å². The number of nitrogens with one attached hydrogen (secondary N) is 2. The van der Waals surface area contributed by atoms with Crippen molar-refractivity contribution in [2.45, 2.75) is 64.7 Å². The van der Waals surface area contributed by atoms with E-state index in [2.05, 4.69) is 30.9 Å². The number of oxime groups is 2. The summed E-state index contributed by atoms with van der Waals surface area (Å²) in [7, 11) is 0. The first-order chi connectivity index (χ1) is 16.9. The summed E-state index contributed by atoms with van der Waals surface area (Å²) in [5, 5.41) is 54.4. The Balaban J connectivity index is 1.82. The van der Waals surface area contributed by atoms with Gasteiger partial charge in [-0.3, -0.25) is 0 Å². The molecule has 2 aromatic heterocycles. The van der Waals surface area contributed by atoms with E-state index in [1.54, 1.807) is 0 Å².